The lowest BCUT2D eigenvalue weighted by molar-refractivity contribution is 0.628. The fraction of sp³-hybridized carbons (Fsp3) is 0. The summed E-state index contributed by atoms with van der Waals surface area (Å²) in [5, 5.41) is 4.88. The van der Waals surface area contributed by atoms with Crippen LogP contribution in [0.4, 0.5) is 4.39 Å². The topological polar surface area (TPSA) is 60.2 Å². The zero-order chi connectivity index (χ0) is 17.2. The highest BCUT2D eigenvalue weighted by molar-refractivity contribution is 7.19. The Kier molecular flexibility index (Phi) is 3.91. The Morgan fingerprint density at radius 2 is 1.96 bits per heavy atom. The van der Waals surface area contributed by atoms with Gasteiger partial charge in [-0.3, -0.25) is 9.78 Å². The minimum Gasteiger partial charge on any atom is -0.267 e. The SMILES string of the molecule is O=c1cc(/C=C/c2cccnc2)nc2sc(-c3ccc(F)cc3)nn12. The van der Waals surface area contributed by atoms with E-state index in [0.29, 0.717) is 15.7 Å². The summed E-state index contributed by atoms with van der Waals surface area (Å²) < 4.78 is 14.3. The second kappa shape index (κ2) is 6.37. The molecule has 25 heavy (non-hydrogen) atoms. The highest BCUT2D eigenvalue weighted by Gasteiger charge is 2.10. The predicted molar refractivity (Wildman–Crippen MR) is 95.7 cm³/mol. The van der Waals surface area contributed by atoms with Crippen molar-refractivity contribution in [3.8, 4) is 10.6 Å². The summed E-state index contributed by atoms with van der Waals surface area (Å²) in [7, 11) is 0. The van der Waals surface area contributed by atoms with Gasteiger partial charge in [0.1, 0.15) is 10.8 Å². The lowest BCUT2D eigenvalue weighted by atomic mass is 10.2. The fourth-order valence-electron chi connectivity index (χ4n) is 2.28. The van der Waals surface area contributed by atoms with Crippen LogP contribution < -0.4 is 5.56 Å². The van der Waals surface area contributed by atoms with Crippen molar-refractivity contribution in [3.05, 3.63) is 82.3 Å². The number of pyridine rings is 1. The van der Waals surface area contributed by atoms with Crippen LogP contribution >= 0.6 is 11.3 Å². The Morgan fingerprint density at radius 3 is 2.72 bits per heavy atom. The van der Waals surface area contributed by atoms with E-state index >= 15 is 0 Å². The fourth-order valence-corrected chi connectivity index (χ4v) is 3.20. The van der Waals surface area contributed by atoms with E-state index in [0.717, 1.165) is 11.1 Å². The van der Waals surface area contributed by atoms with E-state index in [4.69, 9.17) is 0 Å². The van der Waals surface area contributed by atoms with Gasteiger partial charge in [-0.25, -0.2) is 9.37 Å². The summed E-state index contributed by atoms with van der Waals surface area (Å²) in [6.07, 6.45) is 7.02. The highest BCUT2D eigenvalue weighted by atomic mass is 32.1. The molecule has 122 valence electrons. The third-order valence-corrected chi connectivity index (χ3v) is 4.44. The van der Waals surface area contributed by atoms with Gasteiger partial charge in [0.25, 0.3) is 5.56 Å². The van der Waals surface area contributed by atoms with Crippen molar-refractivity contribution >= 4 is 28.4 Å². The van der Waals surface area contributed by atoms with Crippen LogP contribution in [-0.2, 0) is 0 Å². The minimum absolute atomic E-state index is 0.263. The first-order valence-electron chi connectivity index (χ1n) is 7.44. The van der Waals surface area contributed by atoms with Gasteiger partial charge < -0.3 is 0 Å². The van der Waals surface area contributed by atoms with Crippen LogP contribution in [0.5, 0.6) is 0 Å². The van der Waals surface area contributed by atoms with Crippen LogP contribution in [0.15, 0.2) is 59.7 Å². The number of fused-ring (bicyclic) bond motifs is 1. The molecule has 7 heteroatoms. The Morgan fingerprint density at radius 1 is 1.12 bits per heavy atom. The lowest BCUT2D eigenvalue weighted by Gasteiger charge is -1.94. The van der Waals surface area contributed by atoms with Gasteiger partial charge in [-0.05, 0) is 42.0 Å². The summed E-state index contributed by atoms with van der Waals surface area (Å²) in [5.74, 6) is -0.317. The Labute approximate surface area is 145 Å². The van der Waals surface area contributed by atoms with Gasteiger partial charge >= 0.3 is 0 Å². The number of halogens is 1. The molecule has 0 saturated heterocycles. The molecule has 0 atom stereocenters. The summed E-state index contributed by atoms with van der Waals surface area (Å²) in [5.41, 5.74) is 1.94. The molecule has 1 aromatic carbocycles. The summed E-state index contributed by atoms with van der Waals surface area (Å²) in [6.45, 7) is 0. The maximum absolute atomic E-state index is 13.1. The predicted octanol–water partition coefficient (Wildman–Crippen LogP) is 3.52. The van der Waals surface area contributed by atoms with Gasteiger partial charge in [0.2, 0.25) is 4.96 Å². The van der Waals surface area contributed by atoms with Crippen LogP contribution in [0, 0.1) is 5.82 Å². The van der Waals surface area contributed by atoms with Crippen molar-refractivity contribution in [3.63, 3.8) is 0 Å². The molecule has 0 unspecified atom stereocenters. The average Bonchev–Trinajstić information content (AvgIpc) is 3.06. The van der Waals surface area contributed by atoms with E-state index in [1.54, 1.807) is 30.6 Å². The number of aromatic nitrogens is 4. The van der Waals surface area contributed by atoms with Gasteiger partial charge in [-0.2, -0.15) is 9.61 Å². The van der Waals surface area contributed by atoms with Gasteiger partial charge in [-0.1, -0.05) is 23.5 Å². The normalized spacial score (nSPS) is 11.4. The molecule has 3 aromatic heterocycles. The number of rotatable bonds is 3. The molecule has 0 radical (unpaired) electrons. The molecule has 0 aliphatic rings. The molecule has 0 aliphatic heterocycles. The van der Waals surface area contributed by atoms with E-state index in [2.05, 4.69) is 15.1 Å². The highest BCUT2D eigenvalue weighted by Crippen LogP contribution is 2.24. The standard InChI is InChI=1S/C18H11FN4OS/c19-14-6-4-13(5-7-14)17-22-23-16(24)10-15(21-18(23)25-17)8-3-12-2-1-9-20-11-12/h1-11H/b8-3+. The molecule has 4 aromatic rings. The molecule has 0 spiro atoms. The van der Waals surface area contributed by atoms with Crippen molar-refractivity contribution in [2.45, 2.75) is 0 Å². The van der Waals surface area contributed by atoms with Crippen molar-refractivity contribution in [2.24, 2.45) is 0 Å². The van der Waals surface area contributed by atoms with Crippen LogP contribution in [0.25, 0.3) is 27.7 Å². The molecular formula is C18H11FN4OS. The van der Waals surface area contributed by atoms with Crippen LogP contribution in [0.3, 0.4) is 0 Å². The second-order valence-corrected chi connectivity index (χ2v) is 6.20. The summed E-state index contributed by atoms with van der Waals surface area (Å²) in [6, 6.07) is 11.1. The van der Waals surface area contributed by atoms with Crippen LogP contribution in [0.2, 0.25) is 0 Å². The van der Waals surface area contributed by atoms with Crippen molar-refractivity contribution in [1.82, 2.24) is 19.6 Å². The van der Waals surface area contributed by atoms with E-state index in [-0.39, 0.29) is 11.4 Å². The summed E-state index contributed by atoms with van der Waals surface area (Å²) in [4.78, 5) is 21.2. The molecule has 0 saturated carbocycles. The zero-order valence-electron chi connectivity index (χ0n) is 12.8. The van der Waals surface area contributed by atoms with Crippen LogP contribution in [0.1, 0.15) is 11.3 Å². The quantitative estimate of drug-likeness (QED) is 0.567. The molecule has 4 rings (SSSR count). The first kappa shape index (κ1) is 15.3. The molecule has 0 aliphatic carbocycles. The van der Waals surface area contributed by atoms with Crippen molar-refractivity contribution < 1.29 is 4.39 Å². The van der Waals surface area contributed by atoms with E-state index in [9.17, 15) is 9.18 Å². The maximum Gasteiger partial charge on any atom is 0.275 e. The average molecular weight is 350 g/mol. The third kappa shape index (κ3) is 3.22. The maximum atomic E-state index is 13.1. The van der Waals surface area contributed by atoms with E-state index in [1.807, 2.05) is 18.2 Å². The third-order valence-electron chi connectivity index (χ3n) is 3.49. The van der Waals surface area contributed by atoms with E-state index < -0.39 is 0 Å². The molecule has 0 N–H and O–H groups in total. The second-order valence-electron chi connectivity index (χ2n) is 5.25. The Balaban J connectivity index is 1.73. The molecule has 0 bridgehead atoms. The first-order valence-corrected chi connectivity index (χ1v) is 8.26. The molecule has 5 nitrogen and oxygen atoms in total. The van der Waals surface area contributed by atoms with Gasteiger partial charge in [0.05, 0.1) is 5.69 Å². The smallest absolute Gasteiger partial charge is 0.267 e. The number of benzene rings is 1. The molecule has 0 amide bonds. The van der Waals surface area contributed by atoms with Crippen molar-refractivity contribution in [2.75, 3.05) is 0 Å². The number of nitrogens with zero attached hydrogens (tertiary/aromatic N) is 4. The van der Waals surface area contributed by atoms with E-state index in [1.165, 1.54) is 34.1 Å². The molecule has 0 fully saturated rings. The minimum atomic E-state index is -0.317. The number of hydrogen-bond acceptors (Lipinski definition) is 5. The Hall–Kier alpha value is -3.19. The lowest BCUT2D eigenvalue weighted by Crippen LogP contribution is -2.14. The van der Waals surface area contributed by atoms with Gasteiger partial charge in [-0.15, -0.1) is 0 Å². The van der Waals surface area contributed by atoms with Crippen molar-refractivity contribution in [1.29, 1.82) is 0 Å². The number of hydrogen-bond donors (Lipinski definition) is 0. The van der Waals surface area contributed by atoms with Gasteiger partial charge in [0, 0.05) is 24.0 Å². The monoisotopic (exact) mass is 350 g/mol. The molecular weight excluding hydrogens is 339 g/mol. The van der Waals surface area contributed by atoms with Crippen LogP contribution in [-0.4, -0.2) is 19.6 Å². The zero-order valence-corrected chi connectivity index (χ0v) is 13.7. The summed E-state index contributed by atoms with van der Waals surface area (Å²) >= 11 is 1.28. The van der Waals surface area contributed by atoms with Gasteiger partial charge in [0.15, 0.2) is 0 Å². The molecule has 3 heterocycles. The Bertz CT molecular complexity index is 1120. The largest absolute Gasteiger partial charge is 0.275 e. The first-order chi connectivity index (χ1) is 12.2.